The van der Waals surface area contributed by atoms with Crippen LogP contribution in [0.1, 0.15) is 37.4 Å². The number of quaternary nitrogens is 1. The predicted octanol–water partition coefficient (Wildman–Crippen LogP) is 0.308. The molecule has 1 rings (SSSR count). The molecular formula is C13H19NO2. The lowest BCUT2D eigenvalue weighted by Gasteiger charge is -2.11. The zero-order chi connectivity index (χ0) is 12.1. The average Bonchev–Trinajstić information content (AvgIpc) is 2.16. The van der Waals surface area contributed by atoms with Gasteiger partial charge < -0.3 is 15.6 Å². The Hall–Kier alpha value is -1.35. The molecule has 88 valence electrons. The maximum atomic E-state index is 10.4. The number of carboxylic acid groups (broad SMARTS) is 1. The van der Waals surface area contributed by atoms with Gasteiger partial charge in [0, 0.05) is 18.0 Å². The highest BCUT2D eigenvalue weighted by molar-refractivity contribution is 5.65. The second-order valence-corrected chi connectivity index (χ2v) is 4.61. The lowest BCUT2D eigenvalue weighted by atomic mass is 9.99. The SMILES string of the molecule is CC(C)Cc1ccc([C@@H]([NH3+])CC(=O)[O-])cc1. The second kappa shape index (κ2) is 5.66. The number of carbonyl (C=O) groups excluding carboxylic acids is 1. The van der Waals surface area contributed by atoms with Gasteiger partial charge in [0.05, 0.1) is 0 Å². The van der Waals surface area contributed by atoms with E-state index in [1.807, 2.05) is 24.3 Å². The first-order valence-electron chi connectivity index (χ1n) is 5.60. The molecule has 0 aromatic heterocycles. The van der Waals surface area contributed by atoms with E-state index in [1.54, 1.807) is 0 Å². The smallest absolute Gasteiger partial charge is 0.115 e. The van der Waals surface area contributed by atoms with E-state index in [4.69, 9.17) is 0 Å². The second-order valence-electron chi connectivity index (χ2n) is 4.61. The molecule has 0 heterocycles. The molecule has 1 aromatic rings. The summed E-state index contributed by atoms with van der Waals surface area (Å²) in [6.45, 7) is 4.35. The van der Waals surface area contributed by atoms with Crippen molar-refractivity contribution < 1.29 is 15.6 Å². The van der Waals surface area contributed by atoms with Gasteiger partial charge in [-0.1, -0.05) is 38.1 Å². The molecule has 0 bridgehead atoms. The van der Waals surface area contributed by atoms with Crippen molar-refractivity contribution in [3.8, 4) is 0 Å². The molecule has 1 atom stereocenters. The number of hydrogen-bond acceptors (Lipinski definition) is 2. The molecule has 0 amide bonds. The van der Waals surface area contributed by atoms with Gasteiger partial charge in [0.1, 0.15) is 6.04 Å². The molecule has 0 aliphatic carbocycles. The fourth-order valence-corrected chi connectivity index (χ4v) is 1.72. The minimum Gasteiger partial charge on any atom is -0.550 e. The third-order valence-electron chi connectivity index (χ3n) is 2.51. The number of rotatable bonds is 5. The van der Waals surface area contributed by atoms with E-state index in [0.717, 1.165) is 12.0 Å². The van der Waals surface area contributed by atoms with E-state index < -0.39 is 5.97 Å². The van der Waals surface area contributed by atoms with Crippen molar-refractivity contribution in [1.29, 1.82) is 0 Å². The van der Waals surface area contributed by atoms with Crippen molar-refractivity contribution in [1.82, 2.24) is 0 Å². The maximum Gasteiger partial charge on any atom is 0.115 e. The van der Waals surface area contributed by atoms with Crippen LogP contribution in [0.2, 0.25) is 0 Å². The summed E-state index contributed by atoms with van der Waals surface area (Å²) >= 11 is 0. The van der Waals surface area contributed by atoms with Gasteiger partial charge in [-0.15, -0.1) is 0 Å². The summed E-state index contributed by atoms with van der Waals surface area (Å²) in [7, 11) is 0. The van der Waals surface area contributed by atoms with Gasteiger partial charge in [0.25, 0.3) is 0 Å². The van der Waals surface area contributed by atoms with E-state index in [9.17, 15) is 9.90 Å². The largest absolute Gasteiger partial charge is 0.550 e. The van der Waals surface area contributed by atoms with Gasteiger partial charge >= 0.3 is 0 Å². The first kappa shape index (κ1) is 12.7. The van der Waals surface area contributed by atoms with E-state index in [-0.39, 0.29) is 12.5 Å². The summed E-state index contributed by atoms with van der Waals surface area (Å²) in [6, 6.07) is 7.78. The molecule has 0 fully saturated rings. The van der Waals surface area contributed by atoms with Crippen molar-refractivity contribution >= 4 is 5.97 Å². The number of hydrogen-bond donors (Lipinski definition) is 1. The molecule has 3 nitrogen and oxygen atoms in total. The Morgan fingerprint density at radius 1 is 1.31 bits per heavy atom. The Bertz CT molecular complexity index is 343. The van der Waals surface area contributed by atoms with Crippen LogP contribution in [0.25, 0.3) is 0 Å². The standard InChI is InChI=1S/C13H19NO2/c1-9(2)7-10-3-5-11(6-4-10)12(14)8-13(15)16/h3-6,9,12H,7-8,14H2,1-2H3,(H,15,16)/t12-/m0/s1. The Morgan fingerprint density at radius 3 is 2.31 bits per heavy atom. The van der Waals surface area contributed by atoms with Crippen LogP contribution >= 0.6 is 0 Å². The Kier molecular flexibility index (Phi) is 4.50. The van der Waals surface area contributed by atoms with Crippen LogP contribution in [0.3, 0.4) is 0 Å². The van der Waals surface area contributed by atoms with E-state index in [0.29, 0.717) is 5.92 Å². The first-order valence-corrected chi connectivity index (χ1v) is 5.60. The molecule has 1 aromatic carbocycles. The van der Waals surface area contributed by atoms with Gasteiger partial charge in [0.2, 0.25) is 0 Å². The third-order valence-corrected chi connectivity index (χ3v) is 2.51. The van der Waals surface area contributed by atoms with Gasteiger partial charge in [0.15, 0.2) is 0 Å². The van der Waals surface area contributed by atoms with Crippen LogP contribution in [0.4, 0.5) is 0 Å². The number of benzene rings is 1. The Labute approximate surface area is 96.3 Å². The molecule has 0 unspecified atom stereocenters. The molecule has 3 heteroatoms. The van der Waals surface area contributed by atoms with Crippen LogP contribution in [0.5, 0.6) is 0 Å². The summed E-state index contributed by atoms with van der Waals surface area (Å²) in [5, 5.41) is 10.4. The van der Waals surface area contributed by atoms with Crippen molar-refractivity contribution in [2.75, 3.05) is 0 Å². The average molecular weight is 221 g/mol. The lowest BCUT2D eigenvalue weighted by molar-refractivity contribution is -0.430. The Balaban J connectivity index is 2.66. The molecule has 0 aliphatic heterocycles. The van der Waals surface area contributed by atoms with Crippen LogP contribution in [0, 0.1) is 5.92 Å². The van der Waals surface area contributed by atoms with Gasteiger partial charge in [-0.25, -0.2) is 0 Å². The molecule has 16 heavy (non-hydrogen) atoms. The fourth-order valence-electron chi connectivity index (χ4n) is 1.72. The van der Waals surface area contributed by atoms with Crippen molar-refractivity contribution in [2.24, 2.45) is 5.92 Å². The van der Waals surface area contributed by atoms with Gasteiger partial charge in [-0.05, 0) is 17.9 Å². The maximum absolute atomic E-state index is 10.4. The summed E-state index contributed by atoms with van der Waals surface area (Å²) in [6.07, 6.45) is 1.02. The molecular weight excluding hydrogens is 202 g/mol. The first-order chi connectivity index (χ1) is 7.49. The number of aliphatic carboxylic acids is 1. The summed E-state index contributed by atoms with van der Waals surface area (Å²) in [4.78, 5) is 10.4. The minimum atomic E-state index is -1.05. The highest BCUT2D eigenvalue weighted by Gasteiger charge is 2.09. The van der Waals surface area contributed by atoms with Crippen LogP contribution in [-0.2, 0) is 11.2 Å². The van der Waals surface area contributed by atoms with E-state index in [2.05, 4.69) is 19.6 Å². The van der Waals surface area contributed by atoms with Gasteiger partial charge in [-0.3, -0.25) is 0 Å². The zero-order valence-corrected chi connectivity index (χ0v) is 9.90. The summed E-state index contributed by atoms with van der Waals surface area (Å²) in [5.41, 5.74) is 6.05. The van der Waals surface area contributed by atoms with E-state index >= 15 is 0 Å². The van der Waals surface area contributed by atoms with Gasteiger partial charge in [-0.2, -0.15) is 0 Å². The topological polar surface area (TPSA) is 67.8 Å². The molecule has 0 aliphatic rings. The number of carboxylic acids is 1. The molecule has 0 saturated carbocycles. The monoisotopic (exact) mass is 221 g/mol. The number of carbonyl (C=O) groups is 1. The van der Waals surface area contributed by atoms with Crippen molar-refractivity contribution in [3.63, 3.8) is 0 Å². The highest BCUT2D eigenvalue weighted by atomic mass is 16.4. The zero-order valence-electron chi connectivity index (χ0n) is 9.90. The Morgan fingerprint density at radius 2 is 1.88 bits per heavy atom. The normalized spacial score (nSPS) is 12.8. The van der Waals surface area contributed by atoms with Crippen LogP contribution in [-0.4, -0.2) is 5.97 Å². The third kappa shape index (κ3) is 4.03. The van der Waals surface area contributed by atoms with Crippen molar-refractivity contribution in [2.45, 2.75) is 32.7 Å². The summed E-state index contributed by atoms with van der Waals surface area (Å²) < 4.78 is 0. The molecule has 0 radical (unpaired) electrons. The highest BCUT2D eigenvalue weighted by Crippen LogP contribution is 2.14. The minimum absolute atomic E-state index is 0.0243. The lowest BCUT2D eigenvalue weighted by Crippen LogP contribution is -2.55. The molecule has 0 saturated heterocycles. The summed E-state index contributed by atoms with van der Waals surface area (Å²) in [5.74, 6) is -0.420. The molecule has 3 N–H and O–H groups in total. The van der Waals surface area contributed by atoms with Crippen molar-refractivity contribution in [3.05, 3.63) is 35.4 Å². The molecule has 0 spiro atoms. The van der Waals surface area contributed by atoms with E-state index in [1.165, 1.54) is 5.56 Å². The van der Waals surface area contributed by atoms with Crippen LogP contribution < -0.4 is 10.8 Å². The van der Waals surface area contributed by atoms with Crippen LogP contribution in [0.15, 0.2) is 24.3 Å². The quantitative estimate of drug-likeness (QED) is 0.777. The fraction of sp³-hybridized carbons (Fsp3) is 0.462. The predicted molar refractivity (Wildman–Crippen MR) is 60.2 cm³/mol.